The minimum absolute atomic E-state index is 0.211. The molecule has 0 aromatic heterocycles. The van der Waals surface area contributed by atoms with E-state index in [9.17, 15) is 19.8 Å². The molecule has 5 fully saturated rings. The summed E-state index contributed by atoms with van der Waals surface area (Å²) in [5.74, 6) is -2.58. The van der Waals surface area contributed by atoms with Crippen LogP contribution >= 0.6 is 0 Å². The highest BCUT2D eigenvalue weighted by Gasteiger charge is 2.91. The minimum Gasteiger partial charge on any atom is -0.459 e. The van der Waals surface area contributed by atoms with Crippen LogP contribution in [0.1, 0.15) is 34.1 Å². The van der Waals surface area contributed by atoms with Crippen LogP contribution in [0, 0.1) is 17.8 Å². The van der Waals surface area contributed by atoms with Gasteiger partial charge in [-0.2, -0.15) is 0 Å². The molecule has 5 aliphatic rings. The first kappa shape index (κ1) is 18.5. The molecule has 2 aliphatic carbocycles. The van der Waals surface area contributed by atoms with Crippen LogP contribution in [0.5, 0.6) is 0 Å². The molecule has 2 saturated carbocycles. The molecule has 0 radical (unpaired) electrons. The van der Waals surface area contributed by atoms with Crippen LogP contribution in [0.25, 0.3) is 0 Å². The lowest BCUT2D eigenvalue weighted by Gasteiger charge is -2.31. The summed E-state index contributed by atoms with van der Waals surface area (Å²) in [4.78, 5) is 24.6. The van der Waals surface area contributed by atoms with E-state index in [0.29, 0.717) is 12.0 Å². The highest BCUT2D eigenvalue weighted by atomic mass is 16.7. The Morgan fingerprint density at radius 1 is 1.39 bits per heavy atom. The molecular formula is C20H26O8. The Kier molecular flexibility index (Phi) is 3.55. The Bertz CT molecular complexity index is 793. The summed E-state index contributed by atoms with van der Waals surface area (Å²) in [6.45, 7) is 6.83. The van der Waals surface area contributed by atoms with Crippen LogP contribution < -0.4 is 0 Å². The van der Waals surface area contributed by atoms with Gasteiger partial charge in [-0.1, -0.05) is 6.08 Å². The average molecular weight is 394 g/mol. The fourth-order valence-electron chi connectivity index (χ4n) is 6.14. The lowest BCUT2D eigenvalue weighted by Crippen LogP contribution is -2.49. The van der Waals surface area contributed by atoms with Gasteiger partial charge in [0.2, 0.25) is 0 Å². The number of fused-ring (bicyclic) bond motifs is 4. The maximum atomic E-state index is 12.3. The van der Waals surface area contributed by atoms with Gasteiger partial charge in [0.1, 0.15) is 35.1 Å². The molecule has 0 aromatic rings. The summed E-state index contributed by atoms with van der Waals surface area (Å²) >= 11 is 0. The molecule has 5 rings (SSSR count). The molecule has 8 heteroatoms. The molecule has 2 N–H and O–H groups in total. The molecule has 8 nitrogen and oxygen atoms in total. The second-order valence-electron chi connectivity index (χ2n) is 9.09. The summed E-state index contributed by atoms with van der Waals surface area (Å²) in [6.07, 6.45) is -0.341. The first-order valence-electron chi connectivity index (χ1n) is 9.87. The van der Waals surface area contributed by atoms with Gasteiger partial charge in [-0.3, -0.25) is 4.79 Å². The van der Waals surface area contributed by atoms with Crippen molar-refractivity contribution in [2.45, 2.75) is 75.3 Å². The van der Waals surface area contributed by atoms with E-state index in [0.717, 1.165) is 0 Å². The number of carbonyl (C=O) groups excluding carboxylic acids is 2. The summed E-state index contributed by atoms with van der Waals surface area (Å²) in [6, 6.07) is 0. The topological polar surface area (TPSA) is 118 Å². The third-order valence-electron chi connectivity index (χ3n) is 7.98. The predicted molar refractivity (Wildman–Crippen MR) is 92.9 cm³/mol. The number of aliphatic hydroxyl groups is 2. The van der Waals surface area contributed by atoms with Gasteiger partial charge in [-0.15, -0.1) is 0 Å². The molecule has 0 amide bonds. The standard InChI is InChI=1S/C20H26O8/c1-5-8(2)16(23)25-11-6-10-18(3)15(27-18)13-12(9(7-21)17(24)26-13)14(22)20(10)19(11,4)28-20/h5,9-15,21-22H,6-7H2,1-4H3. The smallest absolute Gasteiger partial charge is 0.333 e. The van der Waals surface area contributed by atoms with Crippen molar-refractivity contribution in [1.29, 1.82) is 0 Å². The highest BCUT2D eigenvalue weighted by Crippen LogP contribution is 2.74. The van der Waals surface area contributed by atoms with Crippen molar-refractivity contribution in [3.8, 4) is 0 Å². The maximum absolute atomic E-state index is 12.3. The van der Waals surface area contributed by atoms with E-state index in [1.54, 1.807) is 19.9 Å². The molecule has 3 aliphatic heterocycles. The largest absolute Gasteiger partial charge is 0.459 e. The molecule has 0 aromatic carbocycles. The van der Waals surface area contributed by atoms with Crippen molar-refractivity contribution >= 4 is 11.9 Å². The van der Waals surface area contributed by atoms with E-state index in [2.05, 4.69) is 0 Å². The Hall–Kier alpha value is -1.48. The van der Waals surface area contributed by atoms with Gasteiger partial charge in [0, 0.05) is 17.4 Å². The quantitative estimate of drug-likeness (QED) is 0.393. The summed E-state index contributed by atoms with van der Waals surface area (Å²) in [7, 11) is 0. The van der Waals surface area contributed by atoms with Gasteiger partial charge in [-0.05, 0) is 34.1 Å². The van der Waals surface area contributed by atoms with E-state index in [-0.39, 0.29) is 12.0 Å². The zero-order chi connectivity index (χ0) is 20.2. The number of hydrogen-bond donors (Lipinski definition) is 2. The Balaban J connectivity index is 1.52. The number of hydrogen-bond acceptors (Lipinski definition) is 8. The third kappa shape index (κ3) is 1.90. The molecule has 10 atom stereocenters. The lowest BCUT2D eigenvalue weighted by molar-refractivity contribution is -0.149. The van der Waals surface area contributed by atoms with Crippen LogP contribution in [0.4, 0.5) is 0 Å². The maximum Gasteiger partial charge on any atom is 0.333 e. The first-order valence-corrected chi connectivity index (χ1v) is 9.87. The number of rotatable bonds is 3. The lowest BCUT2D eigenvalue weighted by atomic mass is 9.74. The van der Waals surface area contributed by atoms with Gasteiger partial charge in [0.05, 0.1) is 18.6 Å². The van der Waals surface area contributed by atoms with Crippen molar-refractivity contribution in [2.75, 3.05) is 6.61 Å². The van der Waals surface area contributed by atoms with Gasteiger partial charge < -0.3 is 29.2 Å². The monoisotopic (exact) mass is 394 g/mol. The van der Waals surface area contributed by atoms with Crippen LogP contribution in [0.2, 0.25) is 0 Å². The van der Waals surface area contributed by atoms with E-state index < -0.39 is 65.5 Å². The molecule has 1 spiro atoms. The summed E-state index contributed by atoms with van der Waals surface area (Å²) in [5, 5.41) is 21.1. The number of carbonyl (C=O) groups is 2. The van der Waals surface area contributed by atoms with E-state index in [1.165, 1.54) is 0 Å². The Labute approximate surface area is 162 Å². The van der Waals surface area contributed by atoms with E-state index in [4.69, 9.17) is 18.9 Å². The fourth-order valence-corrected chi connectivity index (χ4v) is 6.14. The van der Waals surface area contributed by atoms with Crippen LogP contribution in [-0.2, 0) is 28.5 Å². The summed E-state index contributed by atoms with van der Waals surface area (Å²) in [5.41, 5.74) is -2.00. The fraction of sp³-hybridized carbons (Fsp3) is 0.800. The average Bonchev–Trinajstić information content (AvgIpc) is 3.45. The van der Waals surface area contributed by atoms with Crippen molar-refractivity contribution in [3.63, 3.8) is 0 Å². The van der Waals surface area contributed by atoms with E-state index >= 15 is 0 Å². The van der Waals surface area contributed by atoms with Crippen molar-refractivity contribution in [3.05, 3.63) is 11.6 Å². The number of aliphatic hydroxyl groups excluding tert-OH is 2. The molecule has 28 heavy (non-hydrogen) atoms. The number of esters is 2. The van der Waals surface area contributed by atoms with Crippen LogP contribution in [-0.4, -0.2) is 70.0 Å². The molecule has 3 saturated heterocycles. The van der Waals surface area contributed by atoms with Gasteiger partial charge >= 0.3 is 11.9 Å². The molecule has 154 valence electrons. The van der Waals surface area contributed by atoms with Crippen LogP contribution in [0.3, 0.4) is 0 Å². The zero-order valence-electron chi connectivity index (χ0n) is 16.4. The SMILES string of the molecule is CC=C(C)C(=O)OC1CC2C3(C)OC3C3OC(=O)C(CO)C3C(O)C23OC13C. The number of ether oxygens (including phenoxy) is 4. The molecule has 3 heterocycles. The zero-order valence-corrected chi connectivity index (χ0v) is 16.4. The number of allylic oxidation sites excluding steroid dienone is 1. The predicted octanol–water partition coefficient (Wildman–Crippen LogP) is 0.0941. The van der Waals surface area contributed by atoms with Gasteiger partial charge in [-0.25, -0.2) is 4.79 Å². The van der Waals surface area contributed by atoms with Gasteiger partial charge in [0.15, 0.2) is 0 Å². The first-order chi connectivity index (χ1) is 13.2. The number of epoxide rings is 2. The molecule has 10 unspecified atom stereocenters. The molecular weight excluding hydrogens is 368 g/mol. The minimum atomic E-state index is -1.03. The van der Waals surface area contributed by atoms with Crippen LogP contribution in [0.15, 0.2) is 11.6 Å². The van der Waals surface area contributed by atoms with Crippen molar-refractivity contribution in [1.82, 2.24) is 0 Å². The van der Waals surface area contributed by atoms with Crippen molar-refractivity contribution < 1.29 is 38.7 Å². The second-order valence-corrected chi connectivity index (χ2v) is 9.09. The second kappa shape index (κ2) is 5.36. The Morgan fingerprint density at radius 3 is 2.75 bits per heavy atom. The highest BCUT2D eigenvalue weighted by molar-refractivity contribution is 5.88. The summed E-state index contributed by atoms with van der Waals surface area (Å²) < 4.78 is 23.4. The van der Waals surface area contributed by atoms with Crippen molar-refractivity contribution in [2.24, 2.45) is 17.8 Å². The van der Waals surface area contributed by atoms with E-state index in [1.807, 2.05) is 13.8 Å². The molecule has 0 bridgehead atoms. The third-order valence-corrected chi connectivity index (χ3v) is 7.98. The Morgan fingerprint density at radius 2 is 2.11 bits per heavy atom. The normalized spacial score (nSPS) is 56.0. The van der Waals surface area contributed by atoms with Gasteiger partial charge in [0.25, 0.3) is 0 Å².